The molecule has 1 N–H and O–H groups in total. The highest BCUT2D eigenvalue weighted by atomic mass is 16.5. The van der Waals surface area contributed by atoms with E-state index in [2.05, 4.69) is 15.2 Å². The van der Waals surface area contributed by atoms with Gasteiger partial charge in [0, 0.05) is 35.5 Å². The third-order valence-electron chi connectivity index (χ3n) is 7.41. The molecule has 0 radical (unpaired) electrons. The van der Waals surface area contributed by atoms with E-state index in [1.165, 1.54) is 12.8 Å². The molecule has 1 saturated heterocycles. The first kappa shape index (κ1) is 29.1. The van der Waals surface area contributed by atoms with Crippen LogP contribution in [-0.2, 0) is 4.79 Å². The van der Waals surface area contributed by atoms with Crippen LogP contribution in [0.25, 0.3) is 21.7 Å². The summed E-state index contributed by atoms with van der Waals surface area (Å²) in [4.78, 5) is 19.5. The summed E-state index contributed by atoms with van der Waals surface area (Å²) in [7, 11) is 1.65. The SMILES string of the molecule is CC.COc1cc2c(Oc3ccc4cc(NC(=O)C5=CCCC=C5)ccc4c3)ccnc2cc1OCCN1CCCC1. The van der Waals surface area contributed by atoms with E-state index in [1.807, 2.05) is 86.7 Å². The summed E-state index contributed by atoms with van der Waals surface area (Å²) < 4.78 is 18.1. The Kier molecular flexibility index (Phi) is 9.72. The van der Waals surface area contributed by atoms with Gasteiger partial charge in [0.25, 0.3) is 5.91 Å². The molecule has 7 heteroatoms. The van der Waals surface area contributed by atoms with Crippen LogP contribution in [0.3, 0.4) is 0 Å². The van der Waals surface area contributed by atoms with E-state index in [0.29, 0.717) is 35.2 Å². The number of rotatable bonds is 9. The van der Waals surface area contributed by atoms with E-state index in [1.54, 1.807) is 13.3 Å². The second-order valence-electron chi connectivity index (χ2n) is 10.1. The fourth-order valence-electron chi connectivity index (χ4n) is 5.26. The average Bonchev–Trinajstić information content (AvgIpc) is 3.56. The molecule has 3 aromatic carbocycles. The minimum atomic E-state index is -0.0876. The van der Waals surface area contributed by atoms with Crippen molar-refractivity contribution in [2.75, 3.05) is 38.7 Å². The van der Waals surface area contributed by atoms with Gasteiger partial charge in [0.1, 0.15) is 18.1 Å². The quantitative estimate of drug-likeness (QED) is 0.222. The maximum Gasteiger partial charge on any atom is 0.255 e. The molecule has 1 fully saturated rings. The summed E-state index contributed by atoms with van der Waals surface area (Å²) in [5.41, 5.74) is 2.24. The lowest BCUT2D eigenvalue weighted by Gasteiger charge is -2.17. The number of anilines is 1. The number of methoxy groups -OCH3 is 1. The summed E-state index contributed by atoms with van der Waals surface area (Å²) in [6.45, 7) is 7.80. The number of amides is 1. The van der Waals surface area contributed by atoms with Crippen LogP contribution in [0.5, 0.6) is 23.0 Å². The van der Waals surface area contributed by atoms with Crippen molar-refractivity contribution < 1.29 is 19.0 Å². The largest absolute Gasteiger partial charge is 0.493 e. The molecule has 1 aromatic heterocycles. The van der Waals surface area contributed by atoms with Gasteiger partial charge in [-0.3, -0.25) is 14.7 Å². The standard InChI is InChI=1S/C33H33N3O4.C2H6/c1-38-31-21-28-29(22-32(31)39-18-17-36-15-5-6-16-36)34-14-13-30(28)40-27-12-10-24-19-26(11-9-25(24)20-27)35-33(37)23-7-3-2-4-8-23;1-2/h3,7-14,19-22H,2,4-6,15-18H2,1H3,(H,35,37);1-2H3. The third kappa shape index (κ3) is 6.92. The number of hydrogen-bond acceptors (Lipinski definition) is 6. The summed E-state index contributed by atoms with van der Waals surface area (Å²) >= 11 is 0. The van der Waals surface area contributed by atoms with Crippen LogP contribution < -0.4 is 19.5 Å². The number of benzene rings is 3. The number of likely N-dealkylation sites (tertiary alicyclic amines) is 1. The molecule has 1 amide bonds. The first-order valence-electron chi connectivity index (χ1n) is 14.9. The molecule has 4 aromatic rings. The topological polar surface area (TPSA) is 72.9 Å². The van der Waals surface area contributed by atoms with Gasteiger partial charge in [-0.05, 0) is 85.9 Å². The number of hydrogen-bond donors (Lipinski definition) is 1. The summed E-state index contributed by atoms with van der Waals surface area (Å²) in [5, 5.41) is 5.86. The number of fused-ring (bicyclic) bond motifs is 2. The van der Waals surface area contributed by atoms with Crippen LogP contribution in [0.15, 0.2) is 84.6 Å². The van der Waals surface area contributed by atoms with Gasteiger partial charge in [-0.1, -0.05) is 44.2 Å². The van der Waals surface area contributed by atoms with Gasteiger partial charge in [-0.2, -0.15) is 0 Å². The number of carbonyl (C=O) groups excluding carboxylic acids is 1. The molecule has 2 heterocycles. The monoisotopic (exact) mass is 565 g/mol. The summed E-state index contributed by atoms with van der Waals surface area (Å²) in [6.07, 6.45) is 12.0. The Morgan fingerprint density at radius 2 is 1.74 bits per heavy atom. The zero-order valence-corrected chi connectivity index (χ0v) is 24.7. The molecule has 7 nitrogen and oxygen atoms in total. The van der Waals surface area contributed by atoms with Gasteiger partial charge in [-0.15, -0.1) is 0 Å². The molecule has 6 rings (SSSR count). The Balaban J connectivity index is 0.00000173. The van der Waals surface area contributed by atoms with E-state index in [-0.39, 0.29) is 5.91 Å². The molecule has 1 aliphatic heterocycles. The van der Waals surface area contributed by atoms with Gasteiger partial charge in [0.2, 0.25) is 0 Å². The maximum atomic E-state index is 12.6. The lowest BCUT2D eigenvalue weighted by molar-refractivity contribution is -0.112. The van der Waals surface area contributed by atoms with Crippen molar-refractivity contribution in [3.63, 3.8) is 0 Å². The van der Waals surface area contributed by atoms with E-state index >= 15 is 0 Å². The normalized spacial score (nSPS) is 14.7. The Morgan fingerprint density at radius 1 is 0.929 bits per heavy atom. The van der Waals surface area contributed by atoms with E-state index in [0.717, 1.165) is 59.8 Å². The molecule has 0 unspecified atom stereocenters. The molecule has 42 heavy (non-hydrogen) atoms. The fraction of sp³-hybridized carbons (Fsp3) is 0.314. The minimum absolute atomic E-state index is 0.0876. The van der Waals surface area contributed by atoms with E-state index < -0.39 is 0 Å². The van der Waals surface area contributed by atoms with Crippen LogP contribution in [0, 0.1) is 0 Å². The highest BCUT2D eigenvalue weighted by molar-refractivity contribution is 6.06. The second kappa shape index (κ2) is 14.0. The van der Waals surface area contributed by atoms with Gasteiger partial charge < -0.3 is 19.5 Å². The molecule has 2 aliphatic rings. The smallest absolute Gasteiger partial charge is 0.255 e. The van der Waals surface area contributed by atoms with Crippen molar-refractivity contribution in [1.82, 2.24) is 9.88 Å². The van der Waals surface area contributed by atoms with E-state index in [9.17, 15) is 4.79 Å². The Morgan fingerprint density at radius 3 is 2.52 bits per heavy atom. The highest BCUT2D eigenvalue weighted by Gasteiger charge is 2.15. The van der Waals surface area contributed by atoms with Crippen molar-refractivity contribution in [3.8, 4) is 23.0 Å². The molecular weight excluding hydrogens is 526 g/mol. The molecule has 0 atom stereocenters. The highest BCUT2D eigenvalue weighted by Crippen LogP contribution is 2.37. The number of pyridine rings is 1. The lowest BCUT2D eigenvalue weighted by atomic mass is 10.1. The third-order valence-corrected chi connectivity index (χ3v) is 7.41. The lowest BCUT2D eigenvalue weighted by Crippen LogP contribution is -2.25. The van der Waals surface area contributed by atoms with Gasteiger partial charge in [-0.25, -0.2) is 0 Å². The molecular formula is C35H39N3O4. The van der Waals surface area contributed by atoms with Crippen LogP contribution >= 0.6 is 0 Å². The predicted octanol–water partition coefficient (Wildman–Crippen LogP) is 7.90. The maximum absolute atomic E-state index is 12.6. The summed E-state index contributed by atoms with van der Waals surface area (Å²) in [5.74, 6) is 2.64. The van der Waals surface area contributed by atoms with Crippen molar-refractivity contribution in [2.24, 2.45) is 0 Å². The average molecular weight is 566 g/mol. The number of nitrogens with one attached hydrogen (secondary N) is 1. The second-order valence-corrected chi connectivity index (χ2v) is 10.1. The van der Waals surface area contributed by atoms with Crippen molar-refractivity contribution in [1.29, 1.82) is 0 Å². The van der Waals surface area contributed by atoms with Crippen molar-refractivity contribution in [2.45, 2.75) is 39.5 Å². The predicted molar refractivity (Wildman–Crippen MR) is 170 cm³/mol. The Labute approximate surface area is 247 Å². The first-order chi connectivity index (χ1) is 20.7. The van der Waals surface area contributed by atoms with E-state index in [4.69, 9.17) is 14.2 Å². The minimum Gasteiger partial charge on any atom is -0.493 e. The Hall–Kier alpha value is -4.36. The van der Waals surface area contributed by atoms with Crippen LogP contribution in [0.2, 0.25) is 0 Å². The molecule has 218 valence electrons. The van der Waals surface area contributed by atoms with Crippen LogP contribution in [0.1, 0.15) is 39.5 Å². The first-order valence-corrected chi connectivity index (χ1v) is 14.9. The van der Waals surface area contributed by atoms with Crippen molar-refractivity contribution >= 4 is 33.3 Å². The van der Waals surface area contributed by atoms with Crippen LogP contribution in [-0.4, -0.2) is 49.1 Å². The van der Waals surface area contributed by atoms with Gasteiger partial charge in [0.15, 0.2) is 11.5 Å². The molecule has 1 aliphatic carbocycles. The molecule has 0 bridgehead atoms. The molecule has 0 saturated carbocycles. The van der Waals surface area contributed by atoms with Crippen LogP contribution in [0.4, 0.5) is 5.69 Å². The molecule has 0 spiro atoms. The zero-order valence-electron chi connectivity index (χ0n) is 24.7. The Bertz CT molecular complexity index is 1610. The zero-order chi connectivity index (χ0) is 29.3. The number of allylic oxidation sites excluding steroid dienone is 2. The van der Waals surface area contributed by atoms with Gasteiger partial charge in [0.05, 0.1) is 12.6 Å². The number of carbonyl (C=O) groups is 1. The number of ether oxygens (including phenoxy) is 3. The van der Waals surface area contributed by atoms with Gasteiger partial charge >= 0.3 is 0 Å². The fourth-order valence-corrected chi connectivity index (χ4v) is 5.26. The number of aromatic nitrogens is 1. The van der Waals surface area contributed by atoms with Crippen molar-refractivity contribution in [3.05, 3.63) is 84.6 Å². The summed E-state index contributed by atoms with van der Waals surface area (Å²) in [6, 6.07) is 17.5. The number of nitrogens with zero attached hydrogens (tertiary/aromatic N) is 2.